The van der Waals surface area contributed by atoms with Crippen molar-refractivity contribution in [2.24, 2.45) is 0 Å². The minimum Gasteiger partial charge on any atom is -0.497 e. The molecular weight excluding hydrogens is 220 g/mol. The monoisotopic (exact) mass is 234 g/mol. The Morgan fingerprint density at radius 1 is 1.31 bits per heavy atom. The Kier molecular flexibility index (Phi) is 3.27. The van der Waals surface area contributed by atoms with Gasteiger partial charge in [0.15, 0.2) is 0 Å². The van der Waals surface area contributed by atoms with Gasteiger partial charge in [0.05, 0.1) is 7.11 Å². The average molecular weight is 234 g/mol. The highest BCUT2D eigenvalue weighted by atomic mass is 32.1. The van der Waals surface area contributed by atoms with E-state index in [0.29, 0.717) is 0 Å². The van der Waals surface area contributed by atoms with Gasteiger partial charge in [0.1, 0.15) is 11.9 Å². The molecule has 0 radical (unpaired) electrons. The SMILES string of the molecule is COc1cccc(C(O)c2cscc2C)c1. The summed E-state index contributed by atoms with van der Waals surface area (Å²) in [7, 11) is 1.63. The van der Waals surface area contributed by atoms with Crippen molar-refractivity contribution in [3.8, 4) is 5.75 Å². The molecule has 84 valence electrons. The molecule has 1 unspecified atom stereocenters. The number of benzene rings is 1. The fourth-order valence-corrected chi connectivity index (χ4v) is 2.51. The average Bonchev–Trinajstić information content (AvgIpc) is 2.74. The van der Waals surface area contributed by atoms with Gasteiger partial charge in [-0.25, -0.2) is 0 Å². The molecule has 0 fully saturated rings. The number of aliphatic hydroxyl groups excluding tert-OH is 1. The summed E-state index contributed by atoms with van der Waals surface area (Å²) >= 11 is 1.61. The van der Waals surface area contributed by atoms with Crippen molar-refractivity contribution in [2.75, 3.05) is 7.11 Å². The summed E-state index contributed by atoms with van der Waals surface area (Å²) in [4.78, 5) is 0. The zero-order valence-electron chi connectivity index (χ0n) is 9.31. The molecule has 0 aliphatic heterocycles. The number of methoxy groups -OCH3 is 1. The van der Waals surface area contributed by atoms with Gasteiger partial charge in [0, 0.05) is 0 Å². The number of hydrogen-bond acceptors (Lipinski definition) is 3. The minimum absolute atomic E-state index is 0.568. The van der Waals surface area contributed by atoms with Crippen molar-refractivity contribution < 1.29 is 9.84 Å². The van der Waals surface area contributed by atoms with Gasteiger partial charge in [-0.05, 0) is 46.5 Å². The van der Waals surface area contributed by atoms with Crippen LogP contribution >= 0.6 is 11.3 Å². The van der Waals surface area contributed by atoms with Crippen LogP contribution in [0.2, 0.25) is 0 Å². The van der Waals surface area contributed by atoms with E-state index >= 15 is 0 Å². The lowest BCUT2D eigenvalue weighted by Crippen LogP contribution is -2.00. The Bertz CT molecular complexity index is 476. The van der Waals surface area contributed by atoms with Gasteiger partial charge < -0.3 is 9.84 Å². The van der Waals surface area contributed by atoms with Crippen molar-refractivity contribution in [1.29, 1.82) is 0 Å². The van der Waals surface area contributed by atoms with E-state index in [4.69, 9.17) is 4.74 Å². The maximum atomic E-state index is 10.2. The van der Waals surface area contributed by atoms with E-state index in [0.717, 1.165) is 22.4 Å². The minimum atomic E-state index is -0.568. The van der Waals surface area contributed by atoms with E-state index in [1.807, 2.05) is 41.9 Å². The summed E-state index contributed by atoms with van der Waals surface area (Å²) < 4.78 is 5.14. The van der Waals surface area contributed by atoms with Gasteiger partial charge in [-0.1, -0.05) is 12.1 Å². The Morgan fingerprint density at radius 3 is 2.75 bits per heavy atom. The number of ether oxygens (including phenoxy) is 1. The molecule has 1 aromatic heterocycles. The smallest absolute Gasteiger partial charge is 0.119 e. The molecule has 0 saturated carbocycles. The maximum Gasteiger partial charge on any atom is 0.119 e. The highest BCUT2D eigenvalue weighted by Crippen LogP contribution is 2.29. The van der Waals surface area contributed by atoms with E-state index in [1.165, 1.54) is 0 Å². The zero-order chi connectivity index (χ0) is 11.5. The molecule has 0 bridgehead atoms. The van der Waals surface area contributed by atoms with Gasteiger partial charge in [-0.2, -0.15) is 11.3 Å². The van der Waals surface area contributed by atoms with Gasteiger partial charge in [-0.15, -0.1) is 0 Å². The van der Waals surface area contributed by atoms with Gasteiger partial charge in [0.2, 0.25) is 0 Å². The molecule has 1 atom stereocenters. The maximum absolute atomic E-state index is 10.2. The normalized spacial score (nSPS) is 12.4. The summed E-state index contributed by atoms with van der Waals surface area (Å²) in [6.45, 7) is 2.01. The Balaban J connectivity index is 2.33. The van der Waals surface area contributed by atoms with Crippen LogP contribution in [0.15, 0.2) is 35.0 Å². The molecule has 0 amide bonds. The van der Waals surface area contributed by atoms with Crippen LogP contribution < -0.4 is 4.74 Å². The van der Waals surface area contributed by atoms with E-state index in [9.17, 15) is 5.11 Å². The van der Waals surface area contributed by atoms with E-state index < -0.39 is 6.10 Å². The van der Waals surface area contributed by atoms with Crippen LogP contribution in [-0.4, -0.2) is 12.2 Å². The van der Waals surface area contributed by atoms with Crippen LogP contribution in [0.1, 0.15) is 22.8 Å². The number of aryl methyl sites for hydroxylation is 1. The molecule has 2 rings (SSSR count). The fraction of sp³-hybridized carbons (Fsp3) is 0.231. The first kappa shape index (κ1) is 11.2. The lowest BCUT2D eigenvalue weighted by Gasteiger charge is -2.12. The molecule has 1 heterocycles. The Hall–Kier alpha value is -1.32. The lowest BCUT2D eigenvalue weighted by molar-refractivity contribution is 0.219. The van der Waals surface area contributed by atoms with Crippen molar-refractivity contribution >= 4 is 11.3 Å². The molecule has 0 saturated heterocycles. The summed E-state index contributed by atoms with van der Waals surface area (Å²) in [5.41, 5.74) is 2.96. The number of thiophene rings is 1. The van der Waals surface area contributed by atoms with Crippen molar-refractivity contribution in [3.63, 3.8) is 0 Å². The molecular formula is C13H14O2S. The van der Waals surface area contributed by atoms with Crippen molar-refractivity contribution in [2.45, 2.75) is 13.0 Å². The lowest BCUT2D eigenvalue weighted by atomic mass is 10.0. The third kappa shape index (κ3) is 2.10. The fourth-order valence-electron chi connectivity index (χ4n) is 1.64. The molecule has 0 spiro atoms. The second-order valence-corrected chi connectivity index (χ2v) is 4.43. The number of hydrogen-bond donors (Lipinski definition) is 1. The van der Waals surface area contributed by atoms with E-state index in [1.54, 1.807) is 18.4 Å². The van der Waals surface area contributed by atoms with Gasteiger partial charge in [-0.3, -0.25) is 0 Å². The highest BCUT2D eigenvalue weighted by Gasteiger charge is 2.13. The van der Waals surface area contributed by atoms with Gasteiger partial charge >= 0.3 is 0 Å². The molecule has 0 aliphatic carbocycles. The second-order valence-electron chi connectivity index (χ2n) is 3.69. The second kappa shape index (κ2) is 4.68. The zero-order valence-corrected chi connectivity index (χ0v) is 10.1. The largest absolute Gasteiger partial charge is 0.497 e. The van der Waals surface area contributed by atoms with Crippen LogP contribution in [0.5, 0.6) is 5.75 Å². The van der Waals surface area contributed by atoms with Crippen LogP contribution in [-0.2, 0) is 0 Å². The Morgan fingerprint density at radius 2 is 2.12 bits per heavy atom. The predicted molar refractivity (Wildman–Crippen MR) is 66.1 cm³/mol. The summed E-state index contributed by atoms with van der Waals surface area (Å²) in [5, 5.41) is 14.3. The molecule has 16 heavy (non-hydrogen) atoms. The van der Waals surface area contributed by atoms with Crippen LogP contribution in [0.4, 0.5) is 0 Å². The van der Waals surface area contributed by atoms with Crippen molar-refractivity contribution in [3.05, 3.63) is 51.7 Å². The molecule has 2 nitrogen and oxygen atoms in total. The first-order valence-corrected chi connectivity index (χ1v) is 6.01. The third-order valence-corrected chi connectivity index (χ3v) is 3.48. The van der Waals surface area contributed by atoms with E-state index in [2.05, 4.69) is 0 Å². The summed E-state index contributed by atoms with van der Waals surface area (Å²) in [6.07, 6.45) is -0.568. The van der Waals surface area contributed by atoms with Crippen LogP contribution in [0.3, 0.4) is 0 Å². The van der Waals surface area contributed by atoms with Crippen LogP contribution in [0.25, 0.3) is 0 Å². The summed E-state index contributed by atoms with van der Waals surface area (Å²) in [6, 6.07) is 7.53. The van der Waals surface area contributed by atoms with Crippen molar-refractivity contribution in [1.82, 2.24) is 0 Å². The Labute approximate surface area is 99.1 Å². The van der Waals surface area contributed by atoms with E-state index in [-0.39, 0.29) is 0 Å². The molecule has 0 aliphatic rings. The highest BCUT2D eigenvalue weighted by molar-refractivity contribution is 7.08. The summed E-state index contributed by atoms with van der Waals surface area (Å²) in [5.74, 6) is 0.768. The van der Waals surface area contributed by atoms with Crippen LogP contribution in [0, 0.1) is 6.92 Å². The van der Waals surface area contributed by atoms with Gasteiger partial charge in [0.25, 0.3) is 0 Å². The first-order chi connectivity index (χ1) is 7.72. The topological polar surface area (TPSA) is 29.5 Å². The third-order valence-electron chi connectivity index (χ3n) is 2.60. The first-order valence-electron chi connectivity index (χ1n) is 5.07. The number of aliphatic hydroxyl groups is 1. The molecule has 1 aromatic carbocycles. The molecule has 3 heteroatoms. The standard InChI is InChI=1S/C13H14O2S/c1-9-7-16-8-12(9)13(14)10-4-3-5-11(6-10)15-2/h3-8,13-14H,1-2H3. The molecule has 1 N–H and O–H groups in total. The molecule has 2 aromatic rings. The number of rotatable bonds is 3. The quantitative estimate of drug-likeness (QED) is 0.884. The predicted octanol–water partition coefficient (Wildman–Crippen LogP) is 3.15.